The normalized spacial score (nSPS) is 12.6. The number of halogens is 2. The Morgan fingerprint density at radius 3 is 2.89 bits per heavy atom. The van der Waals surface area contributed by atoms with Crippen LogP contribution in [-0.4, -0.2) is 11.5 Å². The van der Waals surface area contributed by atoms with Crippen LogP contribution in [0.1, 0.15) is 29.2 Å². The number of likely N-dealkylation sites (N-methyl/N-ethyl adjacent to an activating group) is 1. The minimum atomic E-state index is -0.178. The molecule has 102 valence electrons. The van der Waals surface area contributed by atoms with Crippen molar-refractivity contribution < 1.29 is 4.39 Å². The Balaban J connectivity index is 2.26. The van der Waals surface area contributed by atoms with Crippen molar-refractivity contribution >= 4 is 27.3 Å². The summed E-state index contributed by atoms with van der Waals surface area (Å²) in [6.45, 7) is 4.79. The van der Waals surface area contributed by atoms with Crippen LogP contribution in [-0.2, 0) is 6.42 Å². The molecule has 0 spiro atoms. The highest BCUT2D eigenvalue weighted by Gasteiger charge is 2.17. The molecule has 0 aliphatic heterocycles. The van der Waals surface area contributed by atoms with Crippen LogP contribution in [0, 0.1) is 12.7 Å². The minimum Gasteiger partial charge on any atom is -0.310 e. The largest absolute Gasteiger partial charge is 0.310 e. The van der Waals surface area contributed by atoms with Crippen molar-refractivity contribution in [3.05, 3.63) is 50.1 Å². The average Bonchev–Trinajstić information content (AvgIpc) is 2.77. The molecule has 0 bridgehead atoms. The second kappa shape index (κ2) is 6.59. The van der Waals surface area contributed by atoms with Crippen molar-refractivity contribution in [1.82, 2.24) is 10.3 Å². The van der Waals surface area contributed by atoms with Crippen LogP contribution < -0.4 is 5.32 Å². The first-order valence-electron chi connectivity index (χ1n) is 6.19. The van der Waals surface area contributed by atoms with Crippen LogP contribution in [0.25, 0.3) is 0 Å². The van der Waals surface area contributed by atoms with E-state index in [1.807, 2.05) is 25.3 Å². The first-order valence-corrected chi connectivity index (χ1v) is 7.86. The summed E-state index contributed by atoms with van der Waals surface area (Å²) >= 11 is 5.02. The van der Waals surface area contributed by atoms with Gasteiger partial charge in [0.05, 0.1) is 5.01 Å². The third-order valence-corrected chi connectivity index (χ3v) is 4.31. The maximum atomic E-state index is 14.0. The van der Waals surface area contributed by atoms with E-state index in [-0.39, 0.29) is 11.9 Å². The van der Waals surface area contributed by atoms with Crippen molar-refractivity contribution in [1.29, 1.82) is 0 Å². The maximum Gasteiger partial charge on any atom is 0.128 e. The second-order valence-corrected chi connectivity index (χ2v) is 6.22. The summed E-state index contributed by atoms with van der Waals surface area (Å²) in [5.41, 5.74) is 1.70. The molecule has 1 aromatic heterocycles. The van der Waals surface area contributed by atoms with Crippen LogP contribution in [0.3, 0.4) is 0 Å². The van der Waals surface area contributed by atoms with Gasteiger partial charge in [0.15, 0.2) is 0 Å². The summed E-state index contributed by atoms with van der Waals surface area (Å²) < 4.78 is 14.9. The Labute approximate surface area is 125 Å². The quantitative estimate of drug-likeness (QED) is 0.878. The molecule has 0 aliphatic carbocycles. The number of hydrogen-bond acceptors (Lipinski definition) is 3. The Bertz CT molecular complexity index is 556. The highest BCUT2D eigenvalue weighted by Crippen LogP contribution is 2.25. The fourth-order valence-corrected chi connectivity index (χ4v) is 3.19. The topological polar surface area (TPSA) is 24.9 Å². The maximum absolute atomic E-state index is 14.0. The number of aromatic nitrogens is 1. The number of aryl methyl sites for hydroxylation is 1. The minimum absolute atomic E-state index is 0.0481. The lowest BCUT2D eigenvalue weighted by molar-refractivity contribution is 0.509. The zero-order chi connectivity index (χ0) is 13.8. The first kappa shape index (κ1) is 14.6. The number of thiazole rings is 1. The van der Waals surface area contributed by atoms with Crippen molar-refractivity contribution in [2.75, 3.05) is 6.54 Å². The van der Waals surface area contributed by atoms with Gasteiger partial charge in [0.1, 0.15) is 5.82 Å². The lowest BCUT2D eigenvalue weighted by Gasteiger charge is -2.18. The molecule has 19 heavy (non-hydrogen) atoms. The van der Waals surface area contributed by atoms with E-state index in [1.165, 1.54) is 6.07 Å². The Kier molecular flexibility index (Phi) is 5.07. The summed E-state index contributed by atoms with van der Waals surface area (Å²) in [5.74, 6) is -0.178. The molecular weight excluding hydrogens is 327 g/mol. The molecule has 5 heteroatoms. The molecule has 1 atom stereocenters. The van der Waals surface area contributed by atoms with Gasteiger partial charge in [-0.1, -0.05) is 22.9 Å². The van der Waals surface area contributed by atoms with Gasteiger partial charge < -0.3 is 5.32 Å². The molecule has 0 amide bonds. The monoisotopic (exact) mass is 342 g/mol. The van der Waals surface area contributed by atoms with Gasteiger partial charge in [0, 0.05) is 33.6 Å². The average molecular weight is 343 g/mol. The molecule has 2 rings (SSSR count). The van der Waals surface area contributed by atoms with Gasteiger partial charge in [0.2, 0.25) is 0 Å². The Morgan fingerprint density at radius 1 is 1.47 bits per heavy atom. The van der Waals surface area contributed by atoms with Crippen molar-refractivity contribution in [2.24, 2.45) is 0 Å². The summed E-state index contributed by atoms with van der Waals surface area (Å²) in [5, 5.41) is 6.38. The molecule has 1 heterocycles. The van der Waals surface area contributed by atoms with E-state index >= 15 is 0 Å². The summed E-state index contributed by atoms with van der Waals surface area (Å²) in [6, 6.07) is 5.00. The molecule has 1 unspecified atom stereocenters. The number of rotatable bonds is 5. The lowest BCUT2D eigenvalue weighted by atomic mass is 10.0. The van der Waals surface area contributed by atoms with E-state index in [9.17, 15) is 4.39 Å². The van der Waals surface area contributed by atoms with E-state index in [2.05, 4.69) is 26.2 Å². The second-order valence-electron chi connectivity index (χ2n) is 4.36. The van der Waals surface area contributed by atoms with Crippen molar-refractivity contribution in [3.8, 4) is 0 Å². The molecule has 0 saturated carbocycles. The SMILES string of the molecule is CCNC(Cc1nc(C)cs1)c1cc(Br)ccc1F. The number of nitrogens with zero attached hydrogens (tertiary/aromatic N) is 1. The van der Waals surface area contributed by atoms with Crippen molar-refractivity contribution in [3.63, 3.8) is 0 Å². The van der Waals surface area contributed by atoms with Gasteiger partial charge in [-0.2, -0.15) is 0 Å². The van der Waals surface area contributed by atoms with Gasteiger partial charge in [0.25, 0.3) is 0 Å². The molecule has 1 N–H and O–H groups in total. The molecule has 0 fully saturated rings. The van der Waals surface area contributed by atoms with Gasteiger partial charge in [-0.15, -0.1) is 11.3 Å². The van der Waals surface area contributed by atoms with E-state index in [0.717, 1.165) is 21.7 Å². The molecule has 0 radical (unpaired) electrons. The fourth-order valence-electron chi connectivity index (χ4n) is 1.99. The van der Waals surface area contributed by atoms with Crippen LogP contribution in [0.2, 0.25) is 0 Å². The van der Waals surface area contributed by atoms with Gasteiger partial charge in [-0.3, -0.25) is 0 Å². The summed E-state index contributed by atoms with van der Waals surface area (Å²) in [6.07, 6.45) is 0.708. The van der Waals surface area contributed by atoms with Crippen LogP contribution >= 0.6 is 27.3 Å². The molecule has 2 aromatic rings. The van der Waals surface area contributed by atoms with Gasteiger partial charge >= 0.3 is 0 Å². The molecule has 0 aliphatic rings. The Morgan fingerprint density at radius 2 is 2.26 bits per heavy atom. The van der Waals surface area contributed by atoms with Crippen LogP contribution in [0.4, 0.5) is 4.39 Å². The number of hydrogen-bond donors (Lipinski definition) is 1. The van der Waals surface area contributed by atoms with Crippen LogP contribution in [0.15, 0.2) is 28.1 Å². The van der Waals surface area contributed by atoms with Crippen molar-refractivity contribution in [2.45, 2.75) is 26.3 Å². The summed E-state index contributed by atoms with van der Waals surface area (Å²) in [4.78, 5) is 4.45. The third-order valence-electron chi connectivity index (χ3n) is 2.83. The molecular formula is C14H16BrFN2S. The first-order chi connectivity index (χ1) is 9.10. The van der Waals surface area contributed by atoms with E-state index in [1.54, 1.807) is 17.4 Å². The highest BCUT2D eigenvalue weighted by molar-refractivity contribution is 9.10. The number of nitrogens with one attached hydrogen (secondary N) is 1. The van der Waals surface area contributed by atoms with Gasteiger partial charge in [-0.05, 0) is 31.7 Å². The predicted molar refractivity (Wildman–Crippen MR) is 81.1 cm³/mol. The zero-order valence-corrected chi connectivity index (χ0v) is 13.3. The molecule has 1 aromatic carbocycles. The lowest BCUT2D eigenvalue weighted by Crippen LogP contribution is -2.24. The zero-order valence-electron chi connectivity index (χ0n) is 10.9. The standard InChI is InChI=1S/C14H16BrFN2S/c1-3-17-13(7-14-18-9(2)8-19-14)11-6-10(15)4-5-12(11)16/h4-6,8,13,17H,3,7H2,1-2H3. The van der Waals surface area contributed by atoms with E-state index < -0.39 is 0 Å². The van der Waals surface area contributed by atoms with Crippen LogP contribution in [0.5, 0.6) is 0 Å². The molecule has 2 nitrogen and oxygen atoms in total. The van der Waals surface area contributed by atoms with Gasteiger partial charge in [-0.25, -0.2) is 9.37 Å². The third kappa shape index (κ3) is 3.84. The van der Waals surface area contributed by atoms with E-state index in [4.69, 9.17) is 0 Å². The number of benzene rings is 1. The fraction of sp³-hybridized carbons (Fsp3) is 0.357. The highest BCUT2D eigenvalue weighted by atomic mass is 79.9. The predicted octanol–water partition coefficient (Wildman–Crippen LogP) is 4.25. The Hall–Kier alpha value is -0.780. The summed E-state index contributed by atoms with van der Waals surface area (Å²) in [7, 11) is 0. The van der Waals surface area contributed by atoms with E-state index in [0.29, 0.717) is 12.0 Å². The molecule has 0 saturated heterocycles. The smallest absolute Gasteiger partial charge is 0.128 e.